The van der Waals surface area contributed by atoms with Crippen LogP contribution in [0.2, 0.25) is 0 Å². The fourth-order valence-corrected chi connectivity index (χ4v) is 1.23. The van der Waals surface area contributed by atoms with E-state index < -0.39 is 23.7 Å². The highest BCUT2D eigenvalue weighted by atomic mass is 19.4. The van der Waals surface area contributed by atoms with E-state index in [0.717, 1.165) is 12.1 Å². The van der Waals surface area contributed by atoms with Crippen molar-refractivity contribution in [3.63, 3.8) is 0 Å². The number of anilines is 1. The van der Waals surface area contributed by atoms with Crippen LogP contribution in [0.3, 0.4) is 0 Å². The molecule has 1 aromatic carbocycles. The van der Waals surface area contributed by atoms with Crippen molar-refractivity contribution in [3.05, 3.63) is 29.8 Å². The zero-order valence-corrected chi connectivity index (χ0v) is 9.29. The molecule has 18 heavy (non-hydrogen) atoms. The molecule has 0 bridgehead atoms. The number of amides is 1. The van der Waals surface area contributed by atoms with Gasteiger partial charge in [0, 0.05) is 12.1 Å². The van der Waals surface area contributed by atoms with Gasteiger partial charge in [0.25, 0.3) is 0 Å². The number of rotatable bonds is 3. The van der Waals surface area contributed by atoms with Gasteiger partial charge in [0.15, 0.2) is 0 Å². The van der Waals surface area contributed by atoms with E-state index in [1.54, 1.807) is 0 Å². The Bertz CT molecular complexity index is 477. The molecule has 96 valence electrons. The van der Waals surface area contributed by atoms with Crippen LogP contribution in [0, 0.1) is 12.3 Å². The highest BCUT2D eigenvalue weighted by Gasteiger charge is 2.30. The van der Waals surface area contributed by atoms with Gasteiger partial charge in [-0.2, -0.15) is 13.2 Å². The highest BCUT2D eigenvalue weighted by Crippen LogP contribution is 2.30. The predicted molar refractivity (Wildman–Crippen MR) is 61.5 cm³/mol. The first-order valence-corrected chi connectivity index (χ1v) is 5.01. The minimum Gasteiger partial charge on any atom is -0.325 e. The molecule has 3 N–H and O–H groups in total. The van der Waals surface area contributed by atoms with Crippen LogP contribution in [-0.2, 0) is 11.0 Å². The van der Waals surface area contributed by atoms with Crippen LogP contribution in [0.4, 0.5) is 18.9 Å². The second-order valence-corrected chi connectivity index (χ2v) is 3.58. The molecule has 0 saturated carbocycles. The first kappa shape index (κ1) is 14.1. The van der Waals surface area contributed by atoms with Crippen molar-refractivity contribution in [2.45, 2.75) is 18.6 Å². The van der Waals surface area contributed by atoms with Gasteiger partial charge in [-0.05, 0) is 18.2 Å². The van der Waals surface area contributed by atoms with Crippen molar-refractivity contribution in [2.24, 2.45) is 5.73 Å². The fraction of sp³-hybridized carbons (Fsp3) is 0.250. The number of nitrogens with two attached hydrogens (primary N) is 1. The number of nitrogens with one attached hydrogen (secondary N) is 1. The van der Waals surface area contributed by atoms with Crippen molar-refractivity contribution in [1.82, 2.24) is 0 Å². The van der Waals surface area contributed by atoms with Crippen molar-refractivity contribution < 1.29 is 18.0 Å². The second-order valence-electron chi connectivity index (χ2n) is 3.58. The van der Waals surface area contributed by atoms with Gasteiger partial charge >= 0.3 is 6.18 Å². The minimum atomic E-state index is -4.46. The van der Waals surface area contributed by atoms with Crippen LogP contribution in [0.25, 0.3) is 0 Å². The average Bonchev–Trinajstić information content (AvgIpc) is 2.28. The van der Waals surface area contributed by atoms with E-state index in [2.05, 4.69) is 11.2 Å². The van der Waals surface area contributed by atoms with E-state index in [1.807, 2.05) is 0 Å². The molecule has 0 heterocycles. The van der Waals surface area contributed by atoms with Gasteiger partial charge < -0.3 is 11.1 Å². The standard InChI is InChI=1S/C12H11F3N2O/c1-2-4-10(16)11(18)17-9-6-3-5-8(7-9)12(13,14)15/h1,3,5-7,10H,4,16H2,(H,17,18). The molecule has 0 saturated heterocycles. The summed E-state index contributed by atoms with van der Waals surface area (Å²) in [7, 11) is 0. The number of carbonyl (C=O) groups is 1. The summed E-state index contributed by atoms with van der Waals surface area (Å²) in [5, 5.41) is 2.28. The predicted octanol–water partition coefficient (Wildman–Crippen LogP) is 1.99. The third kappa shape index (κ3) is 3.79. The maximum absolute atomic E-state index is 12.4. The Kier molecular flexibility index (Phi) is 4.34. The molecule has 1 atom stereocenters. The molecule has 0 aliphatic rings. The first-order chi connectivity index (χ1) is 8.34. The summed E-state index contributed by atoms with van der Waals surface area (Å²) in [4.78, 5) is 11.5. The normalized spacial score (nSPS) is 12.6. The third-order valence-corrected chi connectivity index (χ3v) is 2.13. The quantitative estimate of drug-likeness (QED) is 0.813. The number of alkyl halides is 3. The van der Waals surface area contributed by atoms with Crippen LogP contribution in [0.1, 0.15) is 12.0 Å². The van der Waals surface area contributed by atoms with E-state index >= 15 is 0 Å². The van der Waals surface area contributed by atoms with E-state index in [1.165, 1.54) is 12.1 Å². The van der Waals surface area contributed by atoms with Crippen molar-refractivity contribution in [1.29, 1.82) is 0 Å². The van der Waals surface area contributed by atoms with Crippen LogP contribution in [-0.4, -0.2) is 11.9 Å². The van der Waals surface area contributed by atoms with Crippen LogP contribution < -0.4 is 11.1 Å². The zero-order valence-electron chi connectivity index (χ0n) is 9.29. The molecule has 0 radical (unpaired) electrons. The molecule has 3 nitrogen and oxygen atoms in total. The molecule has 0 aliphatic carbocycles. The van der Waals surface area contributed by atoms with Crippen molar-refractivity contribution in [3.8, 4) is 12.3 Å². The summed E-state index contributed by atoms with van der Waals surface area (Å²) < 4.78 is 37.3. The van der Waals surface area contributed by atoms with Gasteiger partial charge in [0.1, 0.15) is 0 Å². The summed E-state index contributed by atoms with van der Waals surface area (Å²) in [5.41, 5.74) is 4.61. The third-order valence-electron chi connectivity index (χ3n) is 2.13. The molecule has 1 rings (SSSR count). The molecule has 6 heteroatoms. The highest BCUT2D eigenvalue weighted by molar-refractivity contribution is 5.94. The lowest BCUT2D eigenvalue weighted by atomic mass is 10.1. The molecule has 1 unspecified atom stereocenters. The minimum absolute atomic E-state index is 0.0186. The Labute approximate surface area is 102 Å². The molecule has 0 aromatic heterocycles. The van der Waals surface area contributed by atoms with Gasteiger partial charge in [-0.1, -0.05) is 6.07 Å². The van der Waals surface area contributed by atoms with Crippen LogP contribution in [0.5, 0.6) is 0 Å². The van der Waals surface area contributed by atoms with E-state index in [-0.39, 0.29) is 12.1 Å². The smallest absolute Gasteiger partial charge is 0.325 e. The summed E-state index contributed by atoms with van der Waals surface area (Å²) >= 11 is 0. The van der Waals surface area contributed by atoms with E-state index in [9.17, 15) is 18.0 Å². The van der Waals surface area contributed by atoms with Crippen molar-refractivity contribution >= 4 is 11.6 Å². The summed E-state index contributed by atoms with van der Waals surface area (Å²) in [6.45, 7) is 0. The van der Waals surface area contributed by atoms with Crippen LogP contribution in [0.15, 0.2) is 24.3 Å². The average molecular weight is 256 g/mol. The monoisotopic (exact) mass is 256 g/mol. The van der Waals surface area contributed by atoms with Gasteiger partial charge in [0.2, 0.25) is 5.91 Å². The molecule has 0 fully saturated rings. The zero-order chi connectivity index (χ0) is 13.8. The van der Waals surface area contributed by atoms with Gasteiger partial charge in [0.05, 0.1) is 11.6 Å². The maximum Gasteiger partial charge on any atom is 0.416 e. The Morgan fingerprint density at radius 2 is 2.17 bits per heavy atom. The summed E-state index contributed by atoms with van der Waals surface area (Å²) in [6, 6.07) is 3.35. The summed E-state index contributed by atoms with van der Waals surface area (Å²) in [5.74, 6) is 1.59. The molecular formula is C12H11F3N2O. The lowest BCUT2D eigenvalue weighted by molar-refractivity contribution is -0.137. The number of halogens is 3. The largest absolute Gasteiger partial charge is 0.416 e. The topological polar surface area (TPSA) is 55.1 Å². The van der Waals surface area contributed by atoms with Crippen LogP contribution >= 0.6 is 0 Å². The molecule has 0 spiro atoms. The van der Waals surface area contributed by atoms with E-state index in [4.69, 9.17) is 12.2 Å². The number of carbonyl (C=O) groups excluding carboxylic acids is 1. The van der Waals surface area contributed by atoms with E-state index in [0.29, 0.717) is 0 Å². The first-order valence-electron chi connectivity index (χ1n) is 5.01. The lowest BCUT2D eigenvalue weighted by Crippen LogP contribution is -2.35. The van der Waals surface area contributed by atoms with Gasteiger partial charge in [-0.3, -0.25) is 4.79 Å². The Balaban J connectivity index is 2.81. The second kappa shape index (κ2) is 5.56. The SMILES string of the molecule is C#CCC(N)C(=O)Nc1cccc(C(F)(F)F)c1. The number of benzene rings is 1. The molecule has 1 amide bonds. The molecule has 0 aliphatic heterocycles. The summed E-state index contributed by atoms with van der Waals surface area (Å²) in [6.07, 6.45) is 0.545. The van der Waals surface area contributed by atoms with Gasteiger partial charge in [-0.25, -0.2) is 0 Å². The molecule has 1 aromatic rings. The number of hydrogen-bond acceptors (Lipinski definition) is 2. The maximum atomic E-state index is 12.4. The number of terminal acetylenes is 1. The fourth-order valence-electron chi connectivity index (χ4n) is 1.23. The number of hydrogen-bond donors (Lipinski definition) is 2. The van der Waals surface area contributed by atoms with Gasteiger partial charge in [-0.15, -0.1) is 12.3 Å². The molecular weight excluding hydrogens is 245 g/mol. The Hall–Kier alpha value is -2.00. The lowest BCUT2D eigenvalue weighted by Gasteiger charge is -2.12. The van der Waals surface area contributed by atoms with Crippen molar-refractivity contribution in [2.75, 3.05) is 5.32 Å². The Morgan fingerprint density at radius 3 is 2.72 bits per heavy atom. The Morgan fingerprint density at radius 1 is 1.50 bits per heavy atom.